The van der Waals surface area contributed by atoms with Gasteiger partial charge in [0.15, 0.2) is 0 Å². The lowest BCUT2D eigenvalue weighted by atomic mass is 10.0. The number of benzene rings is 1. The second-order valence-electron chi connectivity index (χ2n) is 5.47. The Bertz CT molecular complexity index is 461. The summed E-state index contributed by atoms with van der Waals surface area (Å²) in [5, 5.41) is 0.694. The van der Waals surface area contributed by atoms with Gasteiger partial charge in [0, 0.05) is 11.6 Å². The van der Waals surface area contributed by atoms with Crippen LogP contribution in [0, 0.1) is 5.92 Å². The zero-order valence-corrected chi connectivity index (χ0v) is 12.6. The molecule has 1 aliphatic heterocycles. The smallest absolute Gasteiger partial charge is 0.239 e. The van der Waals surface area contributed by atoms with Gasteiger partial charge >= 0.3 is 0 Å². The van der Waals surface area contributed by atoms with Gasteiger partial charge in [-0.1, -0.05) is 37.6 Å². The molecule has 0 aromatic heterocycles. The molecule has 0 bridgehead atoms. The summed E-state index contributed by atoms with van der Waals surface area (Å²) in [4.78, 5) is 14.1. The van der Waals surface area contributed by atoms with Crippen molar-refractivity contribution >= 4 is 17.5 Å². The maximum atomic E-state index is 12.3. The van der Waals surface area contributed by atoms with Crippen LogP contribution in [0.2, 0.25) is 5.02 Å². The minimum Gasteiger partial charge on any atom is -0.370 e. The second-order valence-corrected chi connectivity index (χ2v) is 5.90. The molecule has 1 aromatic carbocycles. The fourth-order valence-electron chi connectivity index (χ4n) is 2.22. The minimum atomic E-state index is -0.445. The molecule has 2 rings (SSSR count). The van der Waals surface area contributed by atoms with Gasteiger partial charge in [-0.05, 0) is 23.6 Å². The van der Waals surface area contributed by atoms with Gasteiger partial charge in [-0.2, -0.15) is 0 Å². The molecule has 1 saturated heterocycles. The van der Waals surface area contributed by atoms with Gasteiger partial charge in [0.1, 0.15) is 6.10 Å². The minimum absolute atomic E-state index is 0.00210. The van der Waals surface area contributed by atoms with E-state index in [9.17, 15) is 4.79 Å². The molecule has 1 aliphatic rings. The molecular weight excluding hydrogens is 276 g/mol. The fraction of sp³-hybridized carbons (Fsp3) is 0.533. The van der Waals surface area contributed by atoms with E-state index in [1.165, 1.54) is 0 Å². The number of carbonyl (C=O) groups excluding carboxylic acids is 1. The van der Waals surface area contributed by atoms with E-state index in [4.69, 9.17) is 22.1 Å². The largest absolute Gasteiger partial charge is 0.370 e. The average Bonchev–Trinajstić information content (AvgIpc) is 2.46. The van der Waals surface area contributed by atoms with E-state index < -0.39 is 6.04 Å². The van der Waals surface area contributed by atoms with Crippen molar-refractivity contribution in [2.45, 2.75) is 26.0 Å². The van der Waals surface area contributed by atoms with E-state index in [0.29, 0.717) is 24.7 Å². The molecule has 0 aliphatic carbocycles. The third kappa shape index (κ3) is 3.51. The van der Waals surface area contributed by atoms with Gasteiger partial charge in [0.05, 0.1) is 19.2 Å². The highest BCUT2D eigenvalue weighted by Crippen LogP contribution is 2.24. The summed E-state index contributed by atoms with van der Waals surface area (Å²) in [6.07, 6.45) is -0.107. The monoisotopic (exact) mass is 296 g/mol. The average molecular weight is 297 g/mol. The van der Waals surface area contributed by atoms with Crippen LogP contribution < -0.4 is 5.73 Å². The van der Waals surface area contributed by atoms with Gasteiger partial charge in [0.25, 0.3) is 0 Å². The molecule has 0 radical (unpaired) electrons. The van der Waals surface area contributed by atoms with Crippen LogP contribution in [0.3, 0.4) is 0 Å². The SMILES string of the molecule is CC(C)[C@@H](N)C(=O)N1CCOC(c2ccc(Cl)cc2)C1. The van der Waals surface area contributed by atoms with Crippen molar-refractivity contribution in [1.29, 1.82) is 0 Å². The topological polar surface area (TPSA) is 55.6 Å². The van der Waals surface area contributed by atoms with Crippen LogP contribution in [0.1, 0.15) is 25.5 Å². The molecular formula is C15H21ClN2O2. The van der Waals surface area contributed by atoms with E-state index in [-0.39, 0.29) is 17.9 Å². The van der Waals surface area contributed by atoms with Gasteiger partial charge in [0.2, 0.25) is 5.91 Å². The lowest BCUT2D eigenvalue weighted by molar-refractivity contribution is -0.141. The van der Waals surface area contributed by atoms with Crippen LogP contribution in [0.4, 0.5) is 0 Å². The van der Waals surface area contributed by atoms with Crippen molar-refractivity contribution in [2.24, 2.45) is 11.7 Å². The van der Waals surface area contributed by atoms with Gasteiger partial charge < -0.3 is 15.4 Å². The van der Waals surface area contributed by atoms with E-state index in [0.717, 1.165) is 5.56 Å². The lowest BCUT2D eigenvalue weighted by Gasteiger charge is -2.35. The first-order valence-corrected chi connectivity index (χ1v) is 7.28. The maximum absolute atomic E-state index is 12.3. The Morgan fingerprint density at radius 2 is 2.05 bits per heavy atom. The molecule has 4 nitrogen and oxygen atoms in total. The zero-order chi connectivity index (χ0) is 14.7. The molecule has 5 heteroatoms. The number of amides is 1. The summed E-state index contributed by atoms with van der Waals surface area (Å²) >= 11 is 5.88. The predicted molar refractivity (Wildman–Crippen MR) is 79.5 cm³/mol. The van der Waals surface area contributed by atoms with Crippen molar-refractivity contribution in [1.82, 2.24) is 4.90 Å². The Morgan fingerprint density at radius 1 is 1.40 bits per heavy atom. The number of halogens is 1. The third-order valence-electron chi connectivity index (χ3n) is 3.62. The van der Waals surface area contributed by atoms with Crippen LogP contribution in [0.15, 0.2) is 24.3 Å². The molecule has 1 fully saturated rings. The molecule has 2 atom stereocenters. The van der Waals surface area contributed by atoms with Gasteiger partial charge in [-0.25, -0.2) is 0 Å². The van der Waals surface area contributed by atoms with Crippen LogP contribution in [-0.2, 0) is 9.53 Å². The molecule has 1 aromatic rings. The third-order valence-corrected chi connectivity index (χ3v) is 3.88. The van der Waals surface area contributed by atoms with E-state index in [1.54, 1.807) is 4.90 Å². The van der Waals surface area contributed by atoms with Crippen molar-refractivity contribution in [2.75, 3.05) is 19.7 Å². The van der Waals surface area contributed by atoms with E-state index in [1.807, 2.05) is 38.1 Å². The fourth-order valence-corrected chi connectivity index (χ4v) is 2.35. The number of hydrogen-bond acceptors (Lipinski definition) is 3. The maximum Gasteiger partial charge on any atom is 0.239 e. The molecule has 1 heterocycles. The molecule has 0 spiro atoms. The van der Waals surface area contributed by atoms with Crippen molar-refractivity contribution < 1.29 is 9.53 Å². The standard InChI is InChI=1S/C15H21ClN2O2/c1-10(2)14(17)15(19)18-7-8-20-13(9-18)11-3-5-12(16)6-4-11/h3-6,10,13-14H,7-9,17H2,1-2H3/t13?,14-/m1/s1. The first-order valence-electron chi connectivity index (χ1n) is 6.90. The lowest BCUT2D eigenvalue weighted by Crippen LogP contribution is -2.51. The molecule has 2 N–H and O–H groups in total. The Morgan fingerprint density at radius 3 is 2.65 bits per heavy atom. The van der Waals surface area contributed by atoms with Crippen LogP contribution in [-0.4, -0.2) is 36.5 Å². The zero-order valence-electron chi connectivity index (χ0n) is 11.9. The summed E-state index contributed by atoms with van der Waals surface area (Å²) in [5.74, 6) is 0.140. The Balaban J connectivity index is 2.05. The molecule has 0 saturated carbocycles. The molecule has 1 unspecified atom stereocenters. The number of nitrogens with two attached hydrogens (primary N) is 1. The molecule has 20 heavy (non-hydrogen) atoms. The predicted octanol–water partition coefficient (Wildman–Crippen LogP) is 2.22. The Kier molecular flexibility index (Phi) is 5.02. The van der Waals surface area contributed by atoms with Crippen LogP contribution >= 0.6 is 11.6 Å². The normalized spacial score (nSPS) is 21.1. The van der Waals surface area contributed by atoms with E-state index >= 15 is 0 Å². The summed E-state index contributed by atoms with van der Waals surface area (Å²) in [6.45, 7) is 5.59. The summed E-state index contributed by atoms with van der Waals surface area (Å²) in [7, 11) is 0. The number of carbonyl (C=O) groups is 1. The van der Waals surface area contributed by atoms with Crippen molar-refractivity contribution in [3.8, 4) is 0 Å². The van der Waals surface area contributed by atoms with Gasteiger partial charge in [-0.3, -0.25) is 4.79 Å². The Hall–Kier alpha value is -1.10. The number of nitrogens with zero attached hydrogens (tertiary/aromatic N) is 1. The number of morpholine rings is 1. The van der Waals surface area contributed by atoms with Crippen LogP contribution in [0.25, 0.3) is 0 Å². The van der Waals surface area contributed by atoms with Crippen LogP contribution in [0.5, 0.6) is 0 Å². The second kappa shape index (κ2) is 6.57. The highest BCUT2D eigenvalue weighted by atomic mass is 35.5. The Labute approximate surface area is 124 Å². The highest BCUT2D eigenvalue weighted by Gasteiger charge is 2.29. The first kappa shape index (κ1) is 15.3. The highest BCUT2D eigenvalue weighted by molar-refractivity contribution is 6.30. The summed E-state index contributed by atoms with van der Waals surface area (Å²) in [5.41, 5.74) is 6.98. The van der Waals surface area contributed by atoms with Crippen molar-refractivity contribution in [3.63, 3.8) is 0 Å². The van der Waals surface area contributed by atoms with Crippen molar-refractivity contribution in [3.05, 3.63) is 34.9 Å². The molecule has 1 amide bonds. The number of hydrogen-bond donors (Lipinski definition) is 1. The first-order chi connectivity index (χ1) is 9.49. The number of rotatable bonds is 3. The summed E-state index contributed by atoms with van der Waals surface area (Å²) in [6, 6.07) is 7.09. The molecule has 110 valence electrons. The summed E-state index contributed by atoms with van der Waals surface area (Å²) < 4.78 is 5.75. The quantitative estimate of drug-likeness (QED) is 0.930. The number of ether oxygens (including phenoxy) is 1. The van der Waals surface area contributed by atoms with Gasteiger partial charge in [-0.15, -0.1) is 0 Å². The van der Waals surface area contributed by atoms with E-state index in [2.05, 4.69) is 0 Å².